The highest BCUT2D eigenvalue weighted by Gasteiger charge is 2.41. The van der Waals surface area contributed by atoms with Gasteiger partial charge in [0.05, 0.1) is 24.6 Å². The fourth-order valence-electron chi connectivity index (χ4n) is 6.07. The molecule has 1 N–H and O–H groups in total. The van der Waals surface area contributed by atoms with Crippen molar-refractivity contribution in [3.05, 3.63) is 95.8 Å². The van der Waals surface area contributed by atoms with Crippen molar-refractivity contribution in [2.75, 3.05) is 38.1 Å². The zero-order chi connectivity index (χ0) is 30.1. The summed E-state index contributed by atoms with van der Waals surface area (Å²) >= 11 is 0. The largest absolute Gasteiger partial charge is 0.465 e. The summed E-state index contributed by atoms with van der Waals surface area (Å²) in [6.45, 7) is 10.2. The third-order valence-electron chi connectivity index (χ3n) is 8.71. The molecule has 0 aliphatic carbocycles. The fourth-order valence-corrected chi connectivity index (χ4v) is 6.07. The van der Waals surface area contributed by atoms with Crippen LogP contribution in [0.3, 0.4) is 0 Å². The van der Waals surface area contributed by atoms with Crippen molar-refractivity contribution in [1.82, 2.24) is 19.5 Å². The number of hydrogen-bond acceptors (Lipinski definition) is 7. The predicted molar refractivity (Wildman–Crippen MR) is 185 cm³/mol. The van der Waals surface area contributed by atoms with E-state index in [4.69, 9.17) is 19.6 Å². The summed E-state index contributed by atoms with van der Waals surface area (Å²) in [5.41, 5.74) is 3.10. The van der Waals surface area contributed by atoms with E-state index >= 15 is 0 Å². The normalized spacial score (nSPS) is 14.1. The minimum atomic E-state index is -0.750. The molecule has 1 aliphatic heterocycles. The number of carbonyl (C=O) groups excluding carboxylic acids is 1. The van der Waals surface area contributed by atoms with E-state index in [1.165, 1.54) is 11.1 Å². The van der Waals surface area contributed by atoms with Crippen molar-refractivity contribution in [2.24, 2.45) is 0 Å². The molecular weight excluding hydrogens is 609 g/mol. The minimum Gasteiger partial charge on any atom is -0.465 e. The maximum atomic E-state index is 12.8. The first-order chi connectivity index (χ1) is 21.1. The average Bonchev–Trinajstić information content (AvgIpc) is 3.48. The number of carbonyl (C=O) groups is 1. The number of piperidine rings is 1. The van der Waals surface area contributed by atoms with E-state index in [0.717, 1.165) is 56.9 Å². The van der Waals surface area contributed by atoms with Crippen LogP contribution in [0.1, 0.15) is 75.8 Å². The van der Waals surface area contributed by atoms with Crippen LogP contribution in [0.5, 0.6) is 0 Å². The Labute approximate surface area is 279 Å². The summed E-state index contributed by atoms with van der Waals surface area (Å²) in [7, 11) is 0. The number of fused-ring (bicyclic) bond motifs is 1. The molecule has 2 aromatic carbocycles. The van der Waals surface area contributed by atoms with E-state index in [1.807, 2.05) is 39.1 Å². The molecule has 2 aromatic heterocycles. The van der Waals surface area contributed by atoms with Crippen LogP contribution in [0.25, 0.3) is 5.65 Å². The zero-order valence-corrected chi connectivity index (χ0v) is 28.2. The highest BCUT2D eigenvalue weighted by atomic mass is 35.5. The molecule has 0 amide bonds. The Balaban J connectivity index is 0.00000276. The summed E-state index contributed by atoms with van der Waals surface area (Å²) in [6, 6.07) is 25.0. The van der Waals surface area contributed by atoms with Crippen molar-refractivity contribution in [3.8, 4) is 0 Å². The number of esters is 1. The Morgan fingerprint density at radius 1 is 0.933 bits per heavy atom. The molecule has 0 radical (unpaired) electrons. The van der Waals surface area contributed by atoms with Crippen molar-refractivity contribution >= 4 is 42.2 Å². The van der Waals surface area contributed by atoms with Gasteiger partial charge in [-0.15, -0.1) is 29.9 Å². The molecule has 1 fully saturated rings. The second-order valence-corrected chi connectivity index (χ2v) is 11.3. The van der Waals surface area contributed by atoms with Gasteiger partial charge < -0.3 is 19.7 Å². The van der Waals surface area contributed by atoms with Gasteiger partial charge in [0.25, 0.3) is 0 Å². The van der Waals surface area contributed by atoms with Gasteiger partial charge in [0.1, 0.15) is 17.3 Å². The fraction of sp³-hybridized carbons (Fsp3) is 0.457. The number of hydrogen-bond donors (Lipinski definition) is 1. The average molecular weight is 657 g/mol. The van der Waals surface area contributed by atoms with E-state index in [9.17, 15) is 4.79 Å². The maximum absolute atomic E-state index is 12.8. The number of rotatable bonds is 14. The molecule has 0 saturated carbocycles. The Kier molecular flexibility index (Phi) is 14.1. The first-order valence-corrected chi connectivity index (χ1v) is 15.8. The first-order valence-electron chi connectivity index (χ1n) is 15.8. The zero-order valence-electron chi connectivity index (χ0n) is 26.6. The lowest BCUT2D eigenvalue weighted by Gasteiger charge is -2.34. The number of halogens is 2. The van der Waals surface area contributed by atoms with Crippen LogP contribution < -0.4 is 5.32 Å². The molecule has 45 heavy (non-hydrogen) atoms. The molecule has 10 heteroatoms. The molecule has 244 valence electrons. The topological polar surface area (TPSA) is 81.0 Å². The highest BCUT2D eigenvalue weighted by Crippen LogP contribution is 2.33. The maximum Gasteiger partial charge on any atom is 0.318 e. The molecule has 3 heterocycles. The van der Waals surface area contributed by atoms with Gasteiger partial charge in [0, 0.05) is 19.6 Å². The quantitative estimate of drug-likeness (QED) is 0.113. The van der Waals surface area contributed by atoms with E-state index < -0.39 is 5.41 Å². The molecule has 0 unspecified atom stereocenters. The molecule has 0 bridgehead atoms. The van der Waals surface area contributed by atoms with Crippen LogP contribution in [-0.2, 0) is 19.7 Å². The number of ether oxygens (including phenoxy) is 2. The van der Waals surface area contributed by atoms with E-state index in [2.05, 4.69) is 70.9 Å². The molecule has 0 atom stereocenters. The monoisotopic (exact) mass is 655 g/mol. The van der Waals surface area contributed by atoms with Crippen molar-refractivity contribution in [1.29, 1.82) is 0 Å². The van der Waals surface area contributed by atoms with E-state index in [0.29, 0.717) is 25.1 Å². The summed E-state index contributed by atoms with van der Waals surface area (Å²) < 4.78 is 13.9. The molecule has 1 aliphatic rings. The predicted octanol–water partition coefficient (Wildman–Crippen LogP) is 7.27. The third kappa shape index (κ3) is 8.76. The second kappa shape index (κ2) is 17.5. The number of nitrogens with one attached hydrogen (secondary N) is 1. The lowest BCUT2D eigenvalue weighted by atomic mass is 9.79. The molecule has 1 saturated heterocycles. The molecule has 0 spiro atoms. The Bertz CT molecular complexity index is 1400. The van der Waals surface area contributed by atoms with Crippen molar-refractivity contribution in [2.45, 2.75) is 70.5 Å². The summed E-state index contributed by atoms with van der Waals surface area (Å²) in [5, 5.41) is 8.18. The van der Waals surface area contributed by atoms with Gasteiger partial charge in [0.2, 0.25) is 0 Å². The van der Waals surface area contributed by atoms with Gasteiger partial charge in [-0.3, -0.25) is 4.79 Å². The molecule has 4 aromatic rings. The number of imidazole rings is 1. The van der Waals surface area contributed by atoms with Gasteiger partial charge >= 0.3 is 5.97 Å². The van der Waals surface area contributed by atoms with Crippen LogP contribution in [0.4, 0.5) is 5.82 Å². The molecule has 5 rings (SSSR count). The summed E-state index contributed by atoms with van der Waals surface area (Å²) in [4.78, 5) is 20.1. The lowest BCUT2D eigenvalue weighted by molar-refractivity contribution is -0.150. The molecular formula is C35H47Cl2N5O3. The van der Waals surface area contributed by atoms with Gasteiger partial charge in [-0.2, -0.15) is 0 Å². The minimum absolute atomic E-state index is 0. The molecule has 8 nitrogen and oxygen atoms in total. The number of nitrogens with zero attached hydrogens (tertiary/aromatic N) is 4. The van der Waals surface area contributed by atoms with Gasteiger partial charge in [0.15, 0.2) is 5.65 Å². The number of likely N-dealkylation sites (tertiary alicyclic amines) is 1. The van der Waals surface area contributed by atoms with Crippen LogP contribution >= 0.6 is 24.8 Å². The van der Waals surface area contributed by atoms with Crippen LogP contribution in [-0.4, -0.2) is 64.4 Å². The van der Waals surface area contributed by atoms with E-state index in [1.54, 1.807) is 4.52 Å². The number of anilines is 1. The Morgan fingerprint density at radius 2 is 1.56 bits per heavy atom. The smallest absolute Gasteiger partial charge is 0.318 e. The summed E-state index contributed by atoms with van der Waals surface area (Å²) in [6.07, 6.45) is 6.43. The lowest BCUT2D eigenvalue weighted by Crippen LogP contribution is -2.38. The highest BCUT2D eigenvalue weighted by molar-refractivity contribution is 5.85. The third-order valence-corrected chi connectivity index (χ3v) is 8.71. The van der Waals surface area contributed by atoms with Crippen LogP contribution in [0.15, 0.2) is 79.0 Å². The number of aromatic nitrogens is 3. The first kappa shape index (κ1) is 36.3. The Morgan fingerprint density at radius 3 is 2.13 bits per heavy atom. The SMILES string of the molecule is CCOC(=O)C(CC)(CC)c1cn2nc(NCCCN3CCC(OC(c4ccccc4)c4ccccc4)CC3)ccc2n1.Cl.Cl. The van der Waals surface area contributed by atoms with E-state index in [-0.39, 0.29) is 43.0 Å². The van der Waals surface area contributed by atoms with Gasteiger partial charge in [-0.25, -0.2) is 9.50 Å². The Hall–Kier alpha value is -3.17. The number of benzene rings is 2. The van der Waals surface area contributed by atoms with Gasteiger partial charge in [-0.05, 0) is 68.8 Å². The van der Waals surface area contributed by atoms with Crippen molar-refractivity contribution < 1.29 is 14.3 Å². The standard InChI is InChI=1S/C35H45N5O3.2ClH/c1-4-35(5-2,34(41)42-6-3)30-26-40-32(37-30)19-18-31(38-40)36-22-13-23-39-24-20-29(21-25-39)43-33(27-14-9-7-10-15-27)28-16-11-8-12-17-28;;/h7-12,14-19,26,29,33H,4-6,13,20-25H2,1-3H3,(H,36,38);2*1H. The summed E-state index contributed by atoms with van der Waals surface area (Å²) in [5.74, 6) is 0.579. The van der Waals surface area contributed by atoms with Crippen LogP contribution in [0.2, 0.25) is 0 Å². The second-order valence-electron chi connectivity index (χ2n) is 11.3. The van der Waals surface area contributed by atoms with Crippen LogP contribution in [0, 0.1) is 0 Å². The van der Waals surface area contributed by atoms with Gasteiger partial charge in [-0.1, -0.05) is 74.5 Å². The van der Waals surface area contributed by atoms with Crippen molar-refractivity contribution in [3.63, 3.8) is 0 Å².